The number of morpholine rings is 1. The minimum atomic E-state index is -0.477. The van der Waals surface area contributed by atoms with Crippen molar-refractivity contribution in [3.63, 3.8) is 0 Å². The zero-order chi connectivity index (χ0) is 22.2. The first-order valence-corrected chi connectivity index (χ1v) is 11.4. The Bertz CT molecular complexity index is 933. The molecule has 1 aliphatic heterocycles. The number of hydrogen-bond donors (Lipinski definition) is 2. The molecule has 2 amide bonds. The van der Waals surface area contributed by atoms with Gasteiger partial charge >= 0.3 is 0 Å². The van der Waals surface area contributed by atoms with E-state index in [1.165, 1.54) is 18.0 Å². The van der Waals surface area contributed by atoms with Crippen LogP contribution in [0.15, 0.2) is 35.6 Å². The number of rotatable bonds is 9. The smallest absolute Gasteiger partial charge is 0.230 e. The molecule has 0 spiro atoms. The molecule has 1 aromatic carbocycles. The molecule has 0 saturated carbocycles. The van der Waals surface area contributed by atoms with E-state index < -0.39 is 5.91 Å². The largest absolute Gasteiger partial charge is 0.374 e. The second kappa shape index (κ2) is 11.6. The Morgan fingerprint density at radius 2 is 2.13 bits per heavy atom. The van der Waals surface area contributed by atoms with E-state index >= 15 is 0 Å². The molecular weight excluding hydrogens is 461 g/mol. The predicted molar refractivity (Wildman–Crippen MR) is 120 cm³/mol. The summed E-state index contributed by atoms with van der Waals surface area (Å²) in [5.74, 6) is -0.416. The van der Waals surface area contributed by atoms with Crippen molar-refractivity contribution in [2.45, 2.75) is 24.1 Å². The number of aromatic nitrogens is 2. The van der Waals surface area contributed by atoms with Crippen molar-refractivity contribution in [2.75, 3.05) is 32.0 Å². The van der Waals surface area contributed by atoms with Crippen LogP contribution in [0.2, 0.25) is 10.0 Å². The Balaban J connectivity index is 1.41. The molecule has 1 aromatic heterocycles. The molecule has 1 atom stereocenters. The second-order valence-corrected chi connectivity index (χ2v) is 8.87. The number of carbonyl (C=O) groups excluding carboxylic acids is 2. The van der Waals surface area contributed by atoms with Crippen LogP contribution in [0.3, 0.4) is 0 Å². The number of nitrogens with two attached hydrogens (primary N) is 1. The van der Waals surface area contributed by atoms with Crippen molar-refractivity contribution in [1.29, 1.82) is 0 Å². The van der Waals surface area contributed by atoms with Gasteiger partial charge in [-0.3, -0.25) is 19.5 Å². The topological polar surface area (TPSA) is 110 Å². The first-order chi connectivity index (χ1) is 14.9. The van der Waals surface area contributed by atoms with Crippen LogP contribution in [0.1, 0.15) is 11.3 Å². The number of halogens is 2. The average Bonchev–Trinajstić information content (AvgIpc) is 2.73. The number of nitrogens with zero attached hydrogens (tertiary/aromatic N) is 3. The molecular formula is C20H23Cl2N5O3S. The minimum Gasteiger partial charge on any atom is -0.374 e. The number of carbonyl (C=O) groups is 2. The molecule has 8 nitrogen and oxygen atoms in total. The van der Waals surface area contributed by atoms with Crippen molar-refractivity contribution in [3.05, 3.63) is 51.9 Å². The van der Waals surface area contributed by atoms with Gasteiger partial charge in [-0.15, -0.1) is 0 Å². The summed E-state index contributed by atoms with van der Waals surface area (Å²) in [6.07, 6.45) is 2.96. The Hall–Kier alpha value is -1.91. The van der Waals surface area contributed by atoms with E-state index in [9.17, 15) is 9.59 Å². The molecule has 166 valence electrons. The number of ether oxygens (including phenoxy) is 1. The molecule has 3 rings (SSSR count). The maximum atomic E-state index is 12.2. The SMILES string of the molecule is NC(=O)Cc1cncc(SCC(=O)NCC2CN(Cc3ccc(Cl)c(Cl)c3)CCO2)n1. The van der Waals surface area contributed by atoms with E-state index in [0.29, 0.717) is 40.5 Å². The first kappa shape index (κ1) is 23.7. The van der Waals surface area contributed by atoms with Crippen LogP contribution in [0, 0.1) is 0 Å². The molecule has 1 fully saturated rings. The highest BCUT2D eigenvalue weighted by molar-refractivity contribution is 7.99. The van der Waals surface area contributed by atoms with Crippen molar-refractivity contribution >= 4 is 46.8 Å². The third-order valence-electron chi connectivity index (χ3n) is 4.51. The van der Waals surface area contributed by atoms with Crippen LogP contribution in [0.25, 0.3) is 0 Å². The molecule has 11 heteroatoms. The second-order valence-electron chi connectivity index (χ2n) is 7.06. The van der Waals surface area contributed by atoms with Gasteiger partial charge in [-0.25, -0.2) is 4.98 Å². The lowest BCUT2D eigenvalue weighted by molar-refractivity contribution is -0.120. The van der Waals surface area contributed by atoms with Gasteiger partial charge in [-0.1, -0.05) is 41.0 Å². The molecule has 1 aliphatic rings. The van der Waals surface area contributed by atoms with Crippen molar-refractivity contribution in [2.24, 2.45) is 5.73 Å². The molecule has 3 N–H and O–H groups in total. The molecule has 1 saturated heterocycles. The van der Waals surface area contributed by atoms with Gasteiger partial charge in [0.05, 0.1) is 46.8 Å². The summed E-state index contributed by atoms with van der Waals surface area (Å²) in [5.41, 5.74) is 6.73. The van der Waals surface area contributed by atoms with Gasteiger partial charge in [-0.2, -0.15) is 0 Å². The molecule has 31 heavy (non-hydrogen) atoms. The molecule has 0 radical (unpaired) electrons. The number of benzene rings is 1. The molecule has 0 bridgehead atoms. The fourth-order valence-electron chi connectivity index (χ4n) is 3.08. The van der Waals surface area contributed by atoms with Gasteiger partial charge in [0.2, 0.25) is 11.8 Å². The number of hydrogen-bond acceptors (Lipinski definition) is 7. The predicted octanol–water partition coefficient (Wildman–Crippen LogP) is 1.92. The summed E-state index contributed by atoms with van der Waals surface area (Å²) in [6.45, 7) is 3.26. The van der Waals surface area contributed by atoms with Crippen molar-refractivity contribution in [1.82, 2.24) is 20.2 Å². The third kappa shape index (κ3) is 7.93. The lowest BCUT2D eigenvalue weighted by Gasteiger charge is -2.33. The van der Waals surface area contributed by atoms with E-state index in [1.807, 2.05) is 12.1 Å². The summed E-state index contributed by atoms with van der Waals surface area (Å²) < 4.78 is 5.78. The molecule has 2 aromatic rings. The van der Waals surface area contributed by atoms with E-state index in [2.05, 4.69) is 20.2 Å². The van der Waals surface area contributed by atoms with Crippen LogP contribution in [-0.4, -0.2) is 64.8 Å². The monoisotopic (exact) mass is 483 g/mol. The fourth-order valence-corrected chi connectivity index (χ4v) is 4.10. The summed E-state index contributed by atoms with van der Waals surface area (Å²) in [5, 5.41) is 4.54. The Morgan fingerprint density at radius 1 is 1.29 bits per heavy atom. The minimum absolute atomic E-state index is 0.0192. The van der Waals surface area contributed by atoms with Gasteiger partial charge < -0.3 is 15.8 Å². The molecule has 1 unspecified atom stereocenters. The zero-order valence-corrected chi connectivity index (χ0v) is 19.1. The van der Waals surface area contributed by atoms with E-state index in [1.54, 1.807) is 12.3 Å². The average molecular weight is 484 g/mol. The fraction of sp³-hybridized carbons (Fsp3) is 0.400. The first-order valence-electron chi connectivity index (χ1n) is 9.65. The summed E-state index contributed by atoms with van der Waals surface area (Å²) in [4.78, 5) is 33.8. The lowest BCUT2D eigenvalue weighted by atomic mass is 10.2. The van der Waals surface area contributed by atoms with Crippen LogP contribution in [0.4, 0.5) is 0 Å². The Labute approximate surface area is 194 Å². The van der Waals surface area contributed by atoms with Crippen LogP contribution < -0.4 is 11.1 Å². The quantitative estimate of drug-likeness (QED) is 0.524. The standard InChI is InChI=1S/C20H23Cl2N5O3S/c21-16-2-1-13(5-17(16)22)10-27-3-4-30-15(11-27)8-25-19(29)12-31-20-9-24-7-14(26-20)6-18(23)28/h1-2,5,7,9,15H,3-4,6,8,10-12H2,(H2,23,28)(H,25,29). The molecule has 0 aliphatic carbocycles. The highest BCUT2D eigenvalue weighted by atomic mass is 35.5. The van der Waals surface area contributed by atoms with Crippen molar-refractivity contribution < 1.29 is 14.3 Å². The van der Waals surface area contributed by atoms with Gasteiger partial charge in [0.1, 0.15) is 5.03 Å². The number of amides is 2. The van der Waals surface area contributed by atoms with Crippen molar-refractivity contribution in [3.8, 4) is 0 Å². The van der Waals surface area contributed by atoms with E-state index in [-0.39, 0.29) is 24.2 Å². The summed E-state index contributed by atoms with van der Waals surface area (Å²) in [6, 6.07) is 5.62. The summed E-state index contributed by atoms with van der Waals surface area (Å²) in [7, 11) is 0. The Kier molecular flexibility index (Phi) is 8.91. The Morgan fingerprint density at radius 3 is 2.90 bits per heavy atom. The summed E-state index contributed by atoms with van der Waals surface area (Å²) >= 11 is 13.3. The van der Waals surface area contributed by atoms with Gasteiger partial charge in [-0.05, 0) is 17.7 Å². The van der Waals surface area contributed by atoms with Gasteiger partial charge in [0, 0.05) is 32.4 Å². The van der Waals surface area contributed by atoms with Crippen LogP contribution >= 0.6 is 35.0 Å². The highest BCUT2D eigenvalue weighted by Crippen LogP contribution is 2.23. The van der Waals surface area contributed by atoms with Crippen LogP contribution in [0.5, 0.6) is 0 Å². The maximum absolute atomic E-state index is 12.2. The number of primary amides is 1. The van der Waals surface area contributed by atoms with Gasteiger partial charge in [0.15, 0.2) is 0 Å². The lowest BCUT2D eigenvalue weighted by Crippen LogP contribution is -2.47. The van der Waals surface area contributed by atoms with E-state index in [0.717, 1.165) is 18.7 Å². The zero-order valence-electron chi connectivity index (χ0n) is 16.7. The van der Waals surface area contributed by atoms with E-state index in [4.69, 9.17) is 33.7 Å². The normalized spacial score (nSPS) is 16.8. The van der Waals surface area contributed by atoms with Gasteiger partial charge in [0.25, 0.3) is 0 Å². The molecule has 2 heterocycles. The number of thioether (sulfide) groups is 1. The van der Waals surface area contributed by atoms with Crippen LogP contribution in [-0.2, 0) is 27.3 Å². The third-order valence-corrected chi connectivity index (χ3v) is 6.15. The number of nitrogens with one attached hydrogen (secondary N) is 1. The maximum Gasteiger partial charge on any atom is 0.230 e. The highest BCUT2D eigenvalue weighted by Gasteiger charge is 2.21.